The molecule has 0 spiro atoms. The third kappa shape index (κ3) is 2.73. The number of rotatable bonds is 4. The summed E-state index contributed by atoms with van der Waals surface area (Å²) in [6.45, 7) is 2.37. The lowest BCUT2D eigenvalue weighted by atomic mass is 10.2. The lowest BCUT2D eigenvalue weighted by molar-refractivity contribution is -0.131. The summed E-state index contributed by atoms with van der Waals surface area (Å²) in [4.78, 5) is 17.8. The summed E-state index contributed by atoms with van der Waals surface area (Å²) in [7, 11) is 0. The maximum absolute atomic E-state index is 11.9. The summed E-state index contributed by atoms with van der Waals surface area (Å²) in [5.41, 5.74) is 1.10. The van der Waals surface area contributed by atoms with Crippen molar-refractivity contribution in [3.63, 3.8) is 0 Å². The Labute approximate surface area is 100 Å². The molecule has 86 valence electrons. The van der Waals surface area contributed by atoms with E-state index in [1.165, 1.54) is 0 Å². The average Bonchev–Trinajstić information content (AvgIpc) is 3.10. The van der Waals surface area contributed by atoms with Crippen LogP contribution in [-0.4, -0.2) is 27.2 Å². The molecule has 4 heteroatoms. The Kier molecular flexibility index (Phi) is 3.44. The van der Waals surface area contributed by atoms with E-state index in [1.807, 2.05) is 17.0 Å². The molecule has 0 aliphatic heterocycles. The van der Waals surface area contributed by atoms with E-state index >= 15 is 0 Å². The molecule has 16 heavy (non-hydrogen) atoms. The van der Waals surface area contributed by atoms with E-state index in [0.717, 1.165) is 18.4 Å². The Morgan fingerprint density at radius 2 is 2.19 bits per heavy atom. The first-order valence-electron chi connectivity index (χ1n) is 5.52. The maximum Gasteiger partial charge on any atom is 0.240 e. The van der Waals surface area contributed by atoms with Crippen LogP contribution in [0.4, 0.5) is 0 Å². The molecule has 3 nitrogen and oxygen atoms in total. The van der Waals surface area contributed by atoms with Gasteiger partial charge in [0.15, 0.2) is 0 Å². The Morgan fingerprint density at radius 3 is 2.69 bits per heavy atom. The van der Waals surface area contributed by atoms with E-state index in [0.29, 0.717) is 12.6 Å². The Bertz CT molecular complexity index is 363. The zero-order chi connectivity index (χ0) is 11.5. The van der Waals surface area contributed by atoms with Crippen molar-refractivity contribution in [3.8, 4) is 0 Å². The van der Waals surface area contributed by atoms with Crippen LogP contribution < -0.4 is 0 Å². The number of hydrogen-bond acceptors (Lipinski definition) is 2. The van der Waals surface area contributed by atoms with Gasteiger partial charge in [-0.1, -0.05) is 0 Å². The number of pyridine rings is 1. The summed E-state index contributed by atoms with van der Waals surface area (Å²) >= 11 is 5.86. The molecule has 1 amide bonds. The van der Waals surface area contributed by atoms with Gasteiger partial charge < -0.3 is 4.90 Å². The van der Waals surface area contributed by atoms with Crippen LogP contribution in [0, 0.1) is 0 Å². The van der Waals surface area contributed by atoms with Gasteiger partial charge >= 0.3 is 0 Å². The molecule has 1 heterocycles. The molecule has 0 N–H and O–H groups in total. The smallest absolute Gasteiger partial charge is 0.240 e. The van der Waals surface area contributed by atoms with E-state index in [-0.39, 0.29) is 5.91 Å². The molecule has 1 aliphatic carbocycles. The molecular formula is C12H15ClN2O. The quantitative estimate of drug-likeness (QED) is 0.754. The number of halogens is 1. The topological polar surface area (TPSA) is 33.2 Å². The zero-order valence-electron chi connectivity index (χ0n) is 9.27. The van der Waals surface area contributed by atoms with Crippen LogP contribution in [0.15, 0.2) is 24.5 Å². The Balaban J connectivity index is 2.06. The molecule has 1 atom stereocenters. The lowest BCUT2D eigenvalue weighted by Gasteiger charge is -2.23. The molecule has 0 radical (unpaired) electrons. The van der Waals surface area contributed by atoms with Crippen LogP contribution in [0.3, 0.4) is 0 Å². The first-order chi connectivity index (χ1) is 7.68. The van der Waals surface area contributed by atoms with Crippen LogP contribution in [0.5, 0.6) is 0 Å². The summed E-state index contributed by atoms with van der Waals surface area (Å²) in [5.74, 6) is 0.0287. The lowest BCUT2D eigenvalue weighted by Crippen LogP contribution is -2.36. The maximum atomic E-state index is 11.9. The highest BCUT2D eigenvalue weighted by molar-refractivity contribution is 6.30. The standard InChI is InChI=1S/C12H15ClN2O/c1-9(13)12(16)15(11-2-3-11)8-10-4-6-14-7-5-10/h4-7,9,11H,2-3,8H2,1H3. The number of nitrogens with zero attached hydrogens (tertiary/aromatic N) is 2. The molecule has 1 aromatic rings. The number of amides is 1. The molecule has 1 aliphatic rings. The van der Waals surface area contributed by atoms with Gasteiger partial charge in [-0.25, -0.2) is 0 Å². The van der Waals surface area contributed by atoms with Gasteiger partial charge in [0.25, 0.3) is 0 Å². The van der Waals surface area contributed by atoms with Gasteiger partial charge in [-0.15, -0.1) is 11.6 Å². The van der Waals surface area contributed by atoms with E-state index in [4.69, 9.17) is 11.6 Å². The van der Waals surface area contributed by atoms with Crippen molar-refractivity contribution in [2.45, 2.75) is 37.7 Å². The average molecular weight is 239 g/mol. The minimum atomic E-state index is -0.442. The highest BCUT2D eigenvalue weighted by atomic mass is 35.5. The van der Waals surface area contributed by atoms with Gasteiger partial charge in [-0.3, -0.25) is 9.78 Å². The molecule has 0 bridgehead atoms. The SMILES string of the molecule is CC(Cl)C(=O)N(Cc1ccncc1)C1CC1. The third-order valence-electron chi connectivity index (χ3n) is 2.71. The van der Waals surface area contributed by atoms with Crippen LogP contribution in [-0.2, 0) is 11.3 Å². The summed E-state index contributed by atoms with van der Waals surface area (Å²) in [6, 6.07) is 4.25. The molecule has 1 unspecified atom stereocenters. The van der Waals surface area contributed by atoms with Crippen molar-refractivity contribution in [2.75, 3.05) is 0 Å². The van der Waals surface area contributed by atoms with Gasteiger partial charge in [0.1, 0.15) is 5.38 Å². The van der Waals surface area contributed by atoms with Gasteiger partial charge in [-0.05, 0) is 37.5 Å². The summed E-state index contributed by atoms with van der Waals surface area (Å²) < 4.78 is 0. The van der Waals surface area contributed by atoms with E-state index in [9.17, 15) is 4.79 Å². The van der Waals surface area contributed by atoms with Crippen LogP contribution in [0.25, 0.3) is 0 Å². The predicted molar refractivity (Wildman–Crippen MR) is 63.1 cm³/mol. The molecular weight excluding hydrogens is 224 g/mol. The fourth-order valence-corrected chi connectivity index (χ4v) is 1.81. The first-order valence-corrected chi connectivity index (χ1v) is 5.95. The number of hydrogen-bond donors (Lipinski definition) is 0. The van der Waals surface area contributed by atoms with Crippen molar-refractivity contribution < 1.29 is 4.79 Å². The zero-order valence-corrected chi connectivity index (χ0v) is 10.0. The largest absolute Gasteiger partial charge is 0.334 e. The minimum Gasteiger partial charge on any atom is -0.334 e. The fourth-order valence-electron chi connectivity index (χ4n) is 1.69. The molecule has 1 fully saturated rings. The van der Waals surface area contributed by atoms with Gasteiger partial charge in [-0.2, -0.15) is 0 Å². The second kappa shape index (κ2) is 4.83. The highest BCUT2D eigenvalue weighted by Crippen LogP contribution is 2.29. The fraction of sp³-hybridized carbons (Fsp3) is 0.500. The Morgan fingerprint density at radius 1 is 1.56 bits per heavy atom. The molecule has 0 aromatic carbocycles. The number of carbonyl (C=O) groups is 1. The van der Waals surface area contributed by atoms with Crippen LogP contribution in [0.1, 0.15) is 25.3 Å². The second-order valence-electron chi connectivity index (χ2n) is 4.17. The molecule has 1 saturated carbocycles. The molecule has 1 aromatic heterocycles. The monoisotopic (exact) mass is 238 g/mol. The van der Waals surface area contributed by atoms with E-state index in [1.54, 1.807) is 19.3 Å². The summed E-state index contributed by atoms with van der Waals surface area (Å²) in [6.07, 6.45) is 5.69. The van der Waals surface area contributed by atoms with Crippen molar-refractivity contribution in [1.29, 1.82) is 0 Å². The third-order valence-corrected chi connectivity index (χ3v) is 2.90. The number of carbonyl (C=O) groups excluding carboxylic acids is 1. The van der Waals surface area contributed by atoms with Crippen LogP contribution >= 0.6 is 11.6 Å². The summed E-state index contributed by atoms with van der Waals surface area (Å²) in [5, 5.41) is -0.442. The van der Waals surface area contributed by atoms with E-state index < -0.39 is 5.38 Å². The van der Waals surface area contributed by atoms with Crippen molar-refractivity contribution >= 4 is 17.5 Å². The van der Waals surface area contributed by atoms with Gasteiger partial charge in [0.2, 0.25) is 5.91 Å². The highest BCUT2D eigenvalue weighted by Gasteiger charge is 2.33. The number of aromatic nitrogens is 1. The van der Waals surface area contributed by atoms with Crippen molar-refractivity contribution in [1.82, 2.24) is 9.88 Å². The Hall–Kier alpha value is -1.09. The van der Waals surface area contributed by atoms with Crippen molar-refractivity contribution in [3.05, 3.63) is 30.1 Å². The molecule has 2 rings (SSSR count). The number of alkyl halides is 1. The van der Waals surface area contributed by atoms with Gasteiger partial charge in [0, 0.05) is 25.0 Å². The predicted octanol–water partition coefficient (Wildman–Crippen LogP) is 2.20. The molecule has 0 saturated heterocycles. The van der Waals surface area contributed by atoms with Gasteiger partial charge in [0.05, 0.1) is 0 Å². The normalized spacial score (nSPS) is 16.9. The minimum absolute atomic E-state index is 0.0287. The first kappa shape index (κ1) is 11.4. The second-order valence-corrected chi connectivity index (χ2v) is 4.82. The van der Waals surface area contributed by atoms with E-state index in [2.05, 4.69) is 4.98 Å². The van der Waals surface area contributed by atoms with Crippen molar-refractivity contribution in [2.24, 2.45) is 0 Å². The van der Waals surface area contributed by atoms with Crippen LogP contribution in [0.2, 0.25) is 0 Å².